The molecule has 1 rings (SSSR count). The topological polar surface area (TPSA) is 15.3 Å². The Morgan fingerprint density at radius 1 is 1.22 bits per heavy atom. The predicted octanol–water partition coefficient (Wildman–Crippen LogP) is 3.09. The number of hydrogen-bond acceptors (Lipinski definition) is 2. The van der Waals surface area contributed by atoms with Crippen LogP contribution < -0.4 is 5.32 Å². The van der Waals surface area contributed by atoms with Crippen LogP contribution in [-0.2, 0) is 0 Å². The quantitative estimate of drug-likeness (QED) is 0.709. The summed E-state index contributed by atoms with van der Waals surface area (Å²) in [6, 6.07) is 11.1. The van der Waals surface area contributed by atoms with E-state index in [0.29, 0.717) is 12.0 Å². The van der Waals surface area contributed by atoms with Crippen molar-refractivity contribution in [3.8, 4) is 0 Å². The Morgan fingerprint density at radius 2 is 1.89 bits per heavy atom. The normalized spacial score (nSPS) is 12.9. The van der Waals surface area contributed by atoms with Gasteiger partial charge in [0.05, 0.1) is 0 Å². The highest BCUT2D eigenvalue weighted by Crippen LogP contribution is 2.18. The van der Waals surface area contributed by atoms with Gasteiger partial charge < -0.3 is 5.32 Å². The first-order valence-electron chi connectivity index (χ1n) is 6.72. The van der Waals surface area contributed by atoms with Gasteiger partial charge in [-0.25, -0.2) is 0 Å². The van der Waals surface area contributed by atoms with E-state index in [4.69, 9.17) is 0 Å². The third-order valence-electron chi connectivity index (χ3n) is 3.02. The van der Waals surface area contributed by atoms with Gasteiger partial charge in [-0.05, 0) is 25.1 Å². The zero-order valence-corrected chi connectivity index (χ0v) is 11.9. The zero-order valence-electron chi connectivity index (χ0n) is 11.9. The van der Waals surface area contributed by atoms with E-state index in [-0.39, 0.29) is 0 Å². The summed E-state index contributed by atoms with van der Waals surface area (Å²) in [4.78, 5) is 2.33. The lowest BCUT2D eigenvalue weighted by molar-refractivity contribution is 0.260. The van der Waals surface area contributed by atoms with E-state index in [2.05, 4.69) is 68.0 Å². The summed E-state index contributed by atoms with van der Waals surface area (Å²) in [5.41, 5.74) is 1.36. The van der Waals surface area contributed by atoms with Crippen molar-refractivity contribution in [3.63, 3.8) is 0 Å². The van der Waals surface area contributed by atoms with Gasteiger partial charge in [-0.15, -0.1) is 6.58 Å². The van der Waals surface area contributed by atoms with E-state index < -0.39 is 0 Å². The van der Waals surface area contributed by atoms with Gasteiger partial charge in [0.2, 0.25) is 0 Å². The Hall–Kier alpha value is -1.12. The van der Waals surface area contributed by atoms with Crippen LogP contribution in [0.4, 0.5) is 0 Å². The molecule has 0 saturated carbocycles. The maximum Gasteiger partial charge on any atom is 0.0472 e. The second kappa shape index (κ2) is 8.06. The summed E-state index contributed by atoms with van der Waals surface area (Å²) >= 11 is 0. The largest absolute Gasteiger partial charge is 0.315 e. The molecule has 1 atom stereocenters. The Morgan fingerprint density at radius 3 is 2.44 bits per heavy atom. The molecule has 0 radical (unpaired) electrons. The monoisotopic (exact) mass is 246 g/mol. The van der Waals surface area contributed by atoms with Gasteiger partial charge in [-0.3, -0.25) is 4.90 Å². The van der Waals surface area contributed by atoms with Crippen LogP contribution in [0.15, 0.2) is 43.0 Å². The molecule has 0 aliphatic carbocycles. The number of hydrogen-bond donors (Lipinski definition) is 1. The number of benzene rings is 1. The molecule has 1 aromatic carbocycles. The van der Waals surface area contributed by atoms with Gasteiger partial charge in [0.1, 0.15) is 0 Å². The number of nitrogens with zero attached hydrogens (tertiary/aromatic N) is 1. The van der Waals surface area contributed by atoms with E-state index in [1.54, 1.807) is 0 Å². The van der Waals surface area contributed by atoms with E-state index in [1.165, 1.54) is 5.56 Å². The van der Waals surface area contributed by atoms with Gasteiger partial charge in [-0.2, -0.15) is 0 Å². The highest BCUT2D eigenvalue weighted by molar-refractivity contribution is 5.19. The lowest BCUT2D eigenvalue weighted by atomic mass is 10.1. The molecule has 2 nitrogen and oxygen atoms in total. The van der Waals surface area contributed by atoms with Crippen molar-refractivity contribution in [2.24, 2.45) is 5.92 Å². The van der Waals surface area contributed by atoms with Gasteiger partial charge in [0.15, 0.2) is 0 Å². The highest BCUT2D eigenvalue weighted by Gasteiger charge is 2.15. The Bertz CT molecular complexity index is 332. The Labute approximate surface area is 112 Å². The predicted molar refractivity (Wildman–Crippen MR) is 79.7 cm³/mol. The summed E-state index contributed by atoms with van der Waals surface area (Å²) < 4.78 is 0. The standard InChI is InChI=1S/C16H26N2/c1-5-11-18(4)16(13-17-12-14(2)3)15-9-7-6-8-10-15/h5-10,14,16-17H,1,11-13H2,2-4H3. The average Bonchev–Trinajstić information content (AvgIpc) is 2.35. The van der Waals surface area contributed by atoms with Crippen molar-refractivity contribution in [1.82, 2.24) is 10.2 Å². The molecule has 0 fully saturated rings. The van der Waals surface area contributed by atoms with Gasteiger partial charge in [0, 0.05) is 19.1 Å². The van der Waals surface area contributed by atoms with Crippen LogP contribution in [0.3, 0.4) is 0 Å². The molecular formula is C16H26N2. The van der Waals surface area contributed by atoms with Crippen molar-refractivity contribution in [3.05, 3.63) is 48.6 Å². The SMILES string of the molecule is C=CCN(C)C(CNCC(C)C)c1ccccc1. The minimum atomic E-state index is 0.406. The van der Waals surface area contributed by atoms with Crippen LogP contribution in [0.5, 0.6) is 0 Å². The lowest BCUT2D eigenvalue weighted by Gasteiger charge is -2.28. The fraction of sp³-hybridized carbons (Fsp3) is 0.500. The highest BCUT2D eigenvalue weighted by atomic mass is 15.1. The molecule has 0 amide bonds. The molecule has 1 unspecified atom stereocenters. The van der Waals surface area contributed by atoms with Gasteiger partial charge in [0.25, 0.3) is 0 Å². The van der Waals surface area contributed by atoms with Crippen LogP contribution in [0.1, 0.15) is 25.5 Å². The molecule has 18 heavy (non-hydrogen) atoms. The maximum atomic E-state index is 3.82. The van der Waals surface area contributed by atoms with E-state index in [9.17, 15) is 0 Å². The molecule has 0 heterocycles. The second-order valence-electron chi connectivity index (χ2n) is 5.21. The van der Waals surface area contributed by atoms with Crippen molar-refractivity contribution in [1.29, 1.82) is 0 Å². The molecule has 0 aromatic heterocycles. The summed E-state index contributed by atoms with van der Waals surface area (Å²) in [5, 5.41) is 3.55. The number of rotatable bonds is 8. The molecule has 0 aliphatic heterocycles. The second-order valence-corrected chi connectivity index (χ2v) is 5.21. The minimum absolute atomic E-state index is 0.406. The number of nitrogens with one attached hydrogen (secondary N) is 1. The Balaban J connectivity index is 2.66. The summed E-state index contributed by atoms with van der Waals surface area (Å²) in [6.07, 6.45) is 1.96. The molecule has 1 N–H and O–H groups in total. The fourth-order valence-corrected chi connectivity index (χ4v) is 2.04. The van der Waals surface area contributed by atoms with Gasteiger partial charge in [-0.1, -0.05) is 50.3 Å². The Kier molecular flexibility index (Phi) is 6.69. The minimum Gasteiger partial charge on any atom is -0.315 e. The van der Waals surface area contributed by atoms with Gasteiger partial charge >= 0.3 is 0 Å². The fourth-order valence-electron chi connectivity index (χ4n) is 2.04. The molecule has 2 heteroatoms. The van der Waals surface area contributed by atoms with Crippen LogP contribution >= 0.6 is 0 Å². The first-order chi connectivity index (χ1) is 8.65. The molecule has 100 valence electrons. The molecule has 1 aromatic rings. The molecule has 0 saturated heterocycles. The van der Waals surface area contributed by atoms with Crippen molar-refractivity contribution in [2.45, 2.75) is 19.9 Å². The van der Waals surface area contributed by atoms with Crippen LogP contribution in [0.2, 0.25) is 0 Å². The lowest BCUT2D eigenvalue weighted by Crippen LogP contribution is -2.34. The first-order valence-corrected chi connectivity index (χ1v) is 6.72. The molecule has 0 spiro atoms. The van der Waals surface area contributed by atoms with E-state index >= 15 is 0 Å². The van der Waals surface area contributed by atoms with Crippen LogP contribution in [-0.4, -0.2) is 31.6 Å². The number of likely N-dealkylation sites (N-methyl/N-ethyl adjacent to an activating group) is 1. The molecular weight excluding hydrogens is 220 g/mol. The van der Waals surface area contributed by atoms with E-state index in [0.717, 1.165) is 19.6 Å². The smallest absolute Gasteiger partial charge is 0.0472 e. The van der Waals surface area contributed by atoms with Crippen LogP contribution in [0, 0.1) is 5.92 Å². The summed E-state index contributed by atoms with van der Waals surface area (Å²) in [7, 11) is 2.15. The third kappa shape index (κ3) is 5.03. The van der Waals surface area contributed by atoms with Crippen molar-refractivity contribution >= 4 is 0 Å². The summed E-state index contributed by atoms with van der Waals surface area (Å²) in [5.74, 6) is 0.686. The van der Waals surface area contributed by atoms with Crippen molar-refractivity contribution < 1.29 is 0 Å². The zero-order chi connectivity index (χ0) is 13.4. The van der Waals surface area contributed by atoms with Crippen molar-refractivity contribution in [2.75, 3.05) is 26.7 Å². The van der Waals surface area contributed by atoms with E-state index in [1.807, 2.05) is 6.08 Å². The first kappa shape index (κ1) is 14.9. The molecule has 0 bridgehead atoms. The average molecular weight is 246 g/mol. The van der Waals surface area contributed by atoms with Crippen LogP contribution in [0.25, 0.3) is 0 Å². The summed E-state index contributed by atoms with van der Waals surface area (Å²) in [6.45, 7) is 11.2. The third-order valence-corrected chi connectivity index (χ3v) is 3.02. The maximum absolute atomic E-state index is 3.82. The molecule has 0 aliphatic rings.